The third kappa shape index (κ3) is 1.31. The van der Waals surface area contributed by atoms with E-state index in [9.17, 15) is 14.9 Å². The normalized spacial score (nSPS) is 14.2. The zero-order valence-corrected chi connectivity index (χ0v) is 9.28. The summed E-state index contributed by atoms with van der Waals surface area (Å²) >= 11 is 2.04. The molecule has 0 N–H and O–H groups in total. The second kappa shape index (κ2) is 3.30. The molecule has 0 aromatic heterocycles. The van der Waals surface area contributed by atoms with Crippen molar-refractivity contribution in [3.05, 3.63) is 36.9 Å². The Morgan fingerprint density at radius 2 is 2.07 bits per heavy atom. The minimum absolute atomic E-state index is 0.0214. The Balaban J connectivity index is 2.70. The number of halogens is 1. The van der Waals surface area contributed by atoms with Crippen LogP contribution in [0, 0.1) is 13.7 Å². The number of ketones is 1. The van der Waals surface area contributed by atoms with Gasteiger partial charge in [-0.3, -0.25) is 14.9 Å². The molecule has 0 bridgehead atoms. The summed E-state index contributed by atoms with van der Waals surface area (Å²) in [7, 11) is 0. The van der Waals surface area contributed by atoms with Gasteiger partial charge in [0.2, 0.25) is 0 Å². The molecule has 1 aliphatic rings. The van der Waals surface area contributed by atoms with Gasteiger partial charge in [0.25, 0.3) is 5.69 Å². The number of Topliss-reactive ketones (excluding diaryl/α,β-unsaturated/α-hetero) is 1. The van der Waals surface area contributed by atoms with E-state index < -0.39 is 4.92 Å². The number of hydrogen-bond acceptors (Lipinski definition) is 3. The first-order chi connectivity index (χ1) is 6.61. The highest BCUT2D eigenvalue weighted by atomic mass is 127. The predicted octanol–water partition coefficient (Wildman–Crippen LogP) is 2.33. The fourth-order valence-electron chi connectivity index (χ4n) is 1.70. The second-order valence-electron chi connectivity index (χ2n) is 3.10. The largest absolute Gasteiger partial charge is 0.294 e. The van der Waals surface area contributed by atoms with E-state index in [0.29, 0.717) is 24.0 Å². The quantitative estimate of drug-likeness (QED) is 0.454. The third-order valence-electron chi connectivity index (χ3n) is 2.31. The SMILES string of the molecule is O=C1CCc2c([N+](=O)[O-])ccc(I)c21. The van der Waals surface area contributed by atoms with Crippen LogP contribution >= 0.6 is 22.6 Å². The average Bonchev–Trinajstić information content (AvgIpc) is 2.49. The molecule has 5 heteroatoms. The predicted molar refractivity (Wildman–Crippen MR) is 58.5 cm³/mol. The van der Waals surface area contributed by atoms with Gasteiger partial charge >= 0.3 is 0 Å². The number of nitro benzene ring substituents is 1. The van der Waals surface area contributed by atoms with Gasteiger partial charge in [0.05, 0.1) is 4.92 Å². The smallest absolute Gasteiger partial charge is 0.273 e. The molecule has 1 aliphatic carbocycles. The van der Waals surface area contributed by atoms with Gasteiger partial charge in [-0.15, -0.1) is 0 Å². The van der Waals surface area contributed by atoms with E-state index >= 15 is 0 Å². The second-order valence-corrected chi connectivity index (χ2v) is 4.26. The molecule has 1 aromatic carbocycles. The molecule has 0 radical (unpaired) electrons. The molecule has 0 atom stereocenters. The summed E-state index contributed by atoms with van der Waals surface area (Å²) in [6, 6.07) is 3.10. The first-order valence-corrected chi connectivity index (χ1v) is 5.18. The molecule has 0 spiro atoms. The van der Waals surface area contributed by atoms with Gasteiger partial charge in [-0.2, -0.15) is 0 Å². The lowest BCUT2D eigenvalue weighted by Gasteiger charge is -2.01. The van der Waals surface area contributed by atoms with E-state index in [2.05, 4.69) is 0 Å². The van der Waals surface area contributed by atoms with Crippen molar-refractivity contribution < 1.29 is 9.72 Å². The Morgan fingerprint density at radius 1 is 1.36 bits per heavy atom. The highest BCUT2D eigenvalue weighted by Gasteiger charge is 2.29. The summed E-state index contributed by atoms with van der Waals surface area (Å²) in [5.74, 6) is 0.0214. The Morgan fingerprint density at radius 3 is 2.71 bits per heavy atom. The van der Waals surface area contributed by atoms with Crippen molar-refractivity contribution in [3.8, 4) is 0 Å². The van der Waals surface area contributed by atoms with Crippen molar-refractivity contribution in [3.63, 3.8) is 0 Å². The third-order valence-corrected chi connectivity index (χ3v) is 3.21. The summed E-state index contributed by atoms with van der Waals surface area (Å²) in [5.41, 5.74) is 1.23. The molecule has 0 saturated carbocycles. The average molecular weight is 303 g/mol. The first-order valence-electron chi connectivity index (χ1n) is 4.10. The fourth-order valence-corrected chi connectivity index (χ4v) is 2.50. The number of rotatable bonds is 1. The van der Waals surface area contributed by atoms with Crippen molar-refractivity contribution in [1.82, 2.24) is 0 Å². The molecular formula is C9H6INO3. The lowest BCUT2D eigenvalue weighted by molar-refractivity contribution is -0.385. The van der Waals surface area contributed by atoms with Gasteiger partial charge in [-0.25, -0.2) is 0 Å². The molecule has 72 valence electrons. The topological polar surface area (TPSA) is 60.2 Å². The molecule has 0 unspecified atom stereocenters. The zero-order chi connectivity index (χ0) is 10.3. The van der Waals surface area contributed by atoms with E-state index in [0.717, 1.165) is 3.57 Å². The van der Waals surface area contributed by atoms with Gasteiger partial charge in [-0.05, 0) is 35.1 Å². The summed E-state index contributed by atoms with van der Waals surface area (Å²) in [6.45, 7) is 0. The molecule has 1 aromatic rings. The van der Waals surface area contributed by atoms with Crippen LogP contribution < -0.4 is 0 Å². The molecule has 0 heterocycles. The number of fused-ring (bicyclic) bond motifs is 1. The number of benzene rings is 1. The standard InChI is InChI=1S/C9H6INO3/c10-6-2-3-7(11(13)14)5-1-4-8(12)9(5)6/h2-3H,1,4H2. The Kier molecular flexibility index (Phi) is 2.26. The van der Waals surface area contributed by atoms with Crippen molar-refractivity contribution >= 4 is 34.1 Å². The van der Waals surface area contributed by atoms with E-state index in [-0.39, 0.29) is 11.5 Å². The van der Waals surface area contributed by atoms with Crippen LogP contribution in [-0.2, 0) is 6.42 Å². The Bertz CT molecular complexity index is 442. The maximum atomic E-state index is 11.4. The van der Waals surface area contributed by atoms with Crippen LogP contribution in [0.5, 0.6) is 0 Å². The number of carbonyl (C=O) groups is 1. The Hall–Kier alpha value is -0.980. The van der Waals surface area contributed by atoms with E-state index in [1.54, 1.807) is 6.07 Å². The van der Waals surface area contributed by atoms with Crippen LogP contribution in [0.3, 0.4) is 0 Å². The number of carbonyl (C=O) groups excluding carboxylic acids is 1. The molecule has 0 saturated heterocycles. The summed E-state index contributed by atoms with van der Waals surface area (Å²) in [6.07, 6.45) is 0.900. The molecular weight excluding hydrogens is 297 g/mol. The minimum atomic E-state index is -0.423. The fraction of sp³-hybridized carbons (Fsp3) is 0.222. The lowest BCUT2D eigenvalue weighted by atomic mass is 10.1. The van der Waals surface area contributed by atoms with E-state index in [1.165, 1.54) is 6.07 Å². The zero-order valence-electron chi connectivity index (χ0n) is 7.12. The maximum absolute atomic E-state index is 11.4. The summed E-state index contributed by atoms with van der Waals surface area (Å²) in [5, 5.41) is 10.7. The van der Waals surface area contributed by atoms with Gasteiger partial charge in [-0.1, -0.05) is 0 Å². The maximum Gasteiger partial charge on any atom is 0.273 e. The molecule has 0 aliphatic heterocycles. The number of hydrogen-bond donors (Lipinski definition) is 0. The Labute approximate surface area is 93.6 Å². The van der Waals surface area contributed by atoms with Gasteiger partial charge in [0.15, 0.2) is 5.78 Å². The number of nitro groups is 1. The molecule has 0 amide bonds. The van der Waals surface area contributed by atoms with Crippen molar-refractivity contribution in [1.29, 1.82) is 0 Å². The van der Waals surface area contributed by atoms with Crippen LogP contribution in [0.4, 0.5) is 5.69 Å². The molecule has 2 rings (SSSR count). The summed E-state index contributed by atoms with van der Waals surface area (Å²) in [4.78, 5) is 21.7. The molecule has 14 heavy (non-hydrogen) atoms. The highest BCUT2D eigenvalue weighted by Crippen LogP contribution is 2.33. The van der Waals surface area contributed by atoms with Crippen LogP contribution in [0.2, 0.25) is 0 Å². The molecule has 4 nitrogen and oxygen atoms in total. The van der Waals surface area contributed by atoms with Crippen molar-refractivity contribution in [2.75, 3.05) is 0 Å². The van der Waals surface area contributed by atoms with Crippen LogP contribution in [0.25, 0.3) is 0 Å². The van der Waals surface area contributed by atoms with Crippen molar-refractivity contribution in [2.45, 2.75) is 12.8 Å². The first kappa shape index (κ1) is 9.57. The summed E-state index contributed by atoms with van der Waals surface area (Å²) < 4.78 is 0.811. The number of nitrogens with zero attached hydrogens (tertiary/aromatic N) is 1. The minimum Gasteiger partial charge on any atom is -0.294 e. The highest BCUT2D eigenvalue weighted by molar-refractivity contribution is 14.1. The van der Waals surface area contributed by atoms with Crippen molar-refractivity contribution in [2.24, 2.45) is 0 Å². The lowest BCUT2D eigenvalue weighted by Crippen LogP contribution is -1.99. The van der Waals surface area contributed by atoms with Gasteiger partial charge in [0, 0.05) is 27.2 Å². The molecule has 0 fully saturated rings. The van der Waals surface area contributed by atoms with Gasteiger partial charge < -0.3 is 0 Å². The van der Waals surface area contributed by atoms with Crippen LogP contribution in [0.1, 0.15) is 22.3 Å². The van der Waals surface area contributed by atoms with E-state index in [4.69, 9.17) is 0 Å². The monoisotopic (exact) mass is 303 g/mol. The van der Waals surface area contributed by atoms with Crippen LogP contribution in [0.15, 0.2) is 12.1 Å². The van der Waals surface area contributed by atoms with Gasteiger partial charge in [0.1, 0.15) is 0 Å². The van der Waals surface area contributed by atoms with E-state index in [1.807, 2.05) is 22.6 Å². The van der Waals surface area contributed by atoms with Crippen LogP contribution in [-0.4, -0.2) is 10.7 Å².